The zero-order chi connectivity index (χ0) is 57.3. The van der Waals surface area contributed by atoms with E-state index in [0.717, 1.165) is 16.5 Å². The summed E-state index contributed by atoms with van der Waals surface area (Å²) >= 11 is 0. The molecule has 1 aliphatic rings. The number of hydrogen-bond acceptors (Lipinski definition) is 12. The molecule has 79 heavy (non-hydrogen) atoms. The van der Waals surface area contributed by atoms with Crippen LogP contribution in [0.5, 0.6) is 0 Å². The summed E-state index contributed by atoms with van der Waals surface area (Å²) in [4.78, 5) is 146. The lowest BCUT2D eigenvalue weighted by Crippen LogP contribution is -2.58. The first kappa shape index (κ1) is 61.6. The molecule has 5 rings (SSSR count). The van der Waals surface area contributed by atoms with E-state index in [2.05, 4.69) is 51.5 Å². The number of ketones is 4. The highest BCUT2D eigenvalue weighted by Crippen LogP contribution is 2.27. The molecule has 4 aromatic rings. The van der Waals surface area contributed by atoms with Crippen LogP contribution < -0.4 is 49.5 Å². The second-order valence-corrected chi connectivity index (χ2v) is 20.2. The number of hydrogen-bond donors (Lipinski definition) is 11. The number of amides is 5. The minimum atomic E-state index is -1.42. The quantitative estimate of drug-likeness (QED) is 0.0342. The molecule has 7 atom stereocenters. The third-order valence-electron chi connectivity index (χ3n) is 13.9. The average Bonchev–Trinajstić information content (AvgIpc) is 4.10. The number of carbonyl (C=O) groups is 9. The van der Waals surface area contributed by atoms with Crippen molar-refractivity contribution in [3.8, 4) is 0 Å². The van der Waals surface area contributed by atoms with Crippen LogP contribution in [0.25, 0.3) is 10.9 Å². The van der Waals surface area contributed by atoms with Gasteiger partial charge in [0.15, 0.2) is 23.5 Å². The molecule has 1 aliphatic heterocycles. The Morgan fingerprint density at radius 3 is 2.13 bits per heavy atom. The Balaban J connectivity index is 1.56. The van der Waals surface area contributed by atoms with Crippen LogP contribution in [-0.2, 0) is 62.4 Å². The molecule has 0 bridgehead atoms. The maximum absolute atomic E-state index is 14.9. The second-order valence-electron chi connectivity index (χ2n) is 20.2. The van der Waals surface area contributed by atoms with Crippen LogP contribution in [0.4, 0.5) is 0 Å². The van der Waals surface area contributed by atoms with Crippen LogP contribution >= 0.6 is 0 Å². The summed E-state index contributed by atoms with van der Waals surface area (Å²) in [7, 11) is 0. The second kappa shape index (κ2) is 31.9. The highest BCUT2D eigenvalue weighted by atomic mass is 16.2. The molecule has 1 saturated heterocycles. The number of imidazole rings is 1. The van der Waals surface area contributed by atoms with Crippen molar-refractivity contribution in [2.45, 2.75) is 153 Å². The summed E-state index contributed by atoms with van der Waals surface area (Å²) < 4.78 is 0. The number of aromatic nitrogens is 3. The van der Waals surface area contributed by atoms with Gasteiger partial charge in [-0.15, -0.1) is 0 Å². The number of benzene rings is 2. The summed E-state index contributed by atoms with van der Waals surface area (Å²) in [5.74, 6) is -7.09. The zero-order valence-corrected chi connectivity index (χ0v) is 45.2. The van der Waals surface area contributed by atoms with Gasteiger partial charge in [0.1, 0.15) is 29.7 Å². The molecule has 0 saturated carbocycles. The van der Waals surface area contributed by atoms with Gasteiger partial charge in [-0.1, -0.05) is 61.9 Å². The maximum Gasteiger partial charge on any atom is 0.243 e. The van der Waals surface area contributed by atoms with Crippen LogP contribution in [0.1, 0.15) is 121 Å². The predicted octanol–water partition coefficient (Wildman–Crippen LogP) is 1.91. The lowest BCUT2D eigenvalue weighted by atomic mass is 9.83. The summed E-state index contributed by atoms with van der Waals surface area (Å²) in [5.41, 5.74) is 24.9. The molecule has 426 valence electrons. The number of guanidine groups is 2. The normalized spacial score (nSPS) is 20.9. The SMILES string of the molecule is CCCC(=O)[C@@H]1CCCCC(=O)CC[C@H](NC(=O)[C@H](CCCN=C(N)N)NC(C)=O)C(=O)N[C@@H](Cc2cnc[nH]2)C(=O)N[C@H](Cc2ccccc2)C(=O)C[C@@H](CCCN=C(N)N)C(=O)C[C@@H](Cc2c[nH]c3ccccc23)C(=O)N1. The van der Waals surface area contributed by atoms with Crippen molar-refractivity contribution in [2.75, 3.05) is 13.1 Å². The first-order valence-electron chi connectivity index (χ1n) is 27.2. The van der Waals surface area contributed by atoms with E-state index in [9.17, 15) is 43.2 Å². The molecule has 0 spiro atoms. The summed E-state index contributed by atoms with van der Waals surface area (Å²) in [6.07, 6.45) is 5.87. The standard InChI is InChI=1S/C56H78N14O9/c1-3-13-48(73)43-20-9-7-17-40(72)22-23-45(68-52(77)44(66-34(2)71)21-12-25-63-56(59)60)53(78)70-47(30-39-32-61-33-65-39)54(79)69-46(26-35-14-5-4-6-15-35)50(75)28-36(16-11-24-62-55(57)58)49(74)29-37(51(76)67-43)27-38-31-64-42-19-10-8-18-41(38)42/h4-6,8,10,14-15,18-19,31-33,36-37,43-47,64H,3,7,9,11-13,16-17,20-30H2,1-2H3,(H,61,65)(H,66,71)(H,67,76)(H,68,77)(H,69,79)(H,70,78)(H4,57,58,62)(H4,59,60,63)/t36-,37-,43+,44+,45+,46-,47+/m1/s1. The van der Waals surface area contributed by atoms with Gasteiger partial charge in [-0.05, 0) is 81.4 Å². The average molecular weight is 1090 g/mol. The van der Waals surface area contributed by atoms with Gasteiger partial charge in [-0.2, -0.15) is 0 Å². The number of carbonyl (C=O) groups excluding carboxylic acids is 9. The van der Waals surface area contributed by atoms with Crippen molar-refractivity contribution in [3.05, 3.63) is 90.1 Å². The molecular formula is C56H78N14O9. The molecule has 3 heterocycles. The molecule has 1 fully saturated rings. The summed E-state index contributed by atoms with van der Waals surface area (Å²) in [6.45, 7) is 3.36. The van der Waals surface area contributed by atoms with Crippen molar-refractivity contribution in [1.82, 2.24) is 41.5 Å². The minimum Gasteiger partial charge on any atom is -0.370 e. The fraction of sp³-hybridized carbons (Fsp3) is 0.500. The maximum atomic E-state index is 14.9. The third-order valence-corrected chi connectivity index (χ3v) is 13.9. The molecule has 23 heteroatoms. The van der Waals surface area contributed by atoms with Gasteiger partial charge in [-0.25, -0.2) is 4.98 Å². The number of H-pyrrole nitrogens is 2. The zero-order valence-electron chi connectivity index (χ0n) is 45.2. The van der Waals surface area contributed by atoms with Crippen molar-refractivity contribution in [2.24, 2.45) is 44.8 Å². The van der Waals surface area contributed by atoms with Gasteiger partial charge >= 0.3 is 0 Å². The van der Waals surface area contributed by atoms with E-state index < -0.39 is 83.1 Å². The Labute approximate surface area is 459 Å². The number of aromatic amines is 2. The van der Waals surface area contributed by atoms with Crippen molar-refractivity contribution < 1.29 is 43.2 Å². The van der Waals surface area contributed by atoms with E-state index in [0.29, 0.717) is 30.5 Å². The fourth-order valence-corrected chi connectivity index (χ4v) is 9.69. The van der Waals surface area contributed by atoms with Gasteiger partial charge in [0.05, 0.1) is 18.4 Å². The topological polar surface area (TPSA) is 387 Å². The highest BCUT2D eigenvalue weighted by Gasteiger charge is 2.35. The number of fused-ring (bicyclic) bond motifs is 1. The molecule has 2 aromatic heterocycles. The Morgan fingerprint density at radius 1 is 0.734 bits per heavy atom. The molecule has 5 amide bonds. The predicted molar refractivity (Wildman–Crippen MR) is 298 cm³/mol. The number of nitrogens with two attached hydrogens (primary N) is 4. The van der Waals surface area contributed by atoms with Gasteiger partial charge in [0.2, 0.25) is 29.5 Å². The van der Waals surface area contributed by atoms with Crippen LogP contribution in [0.2, 0.25) is 0 Å². The lowest BCUT2D eigenvalue weighted by molar-refractivity contribution is -0.135. The fourth-order valence-electron chi connectivity index (χ4n) is 9.69. The smallest absolute Gasteiger partial charge is 0.243 e. The number of aliphatic imine (C=N–C) groups is 2. The van der Waals surface area contributed by atoms with E-state index in [1.807, 2.05) is 31.2 Å². The first-order valence-corrected chi connectivity index (χ1v) is 27.2. The Hall–Kier alpha value is -8.24. The van der Waals surface area contributed by atoms with Crippen molar-refractivity contribution in [1.29, 1.82) is 0 Å². The number of rotatable bonds is 20. The molecule has 0 radical (unpaired) electrons. The van der Waals surface area contributed by atoms with E-state index in [-0.39, 0.29) is 126 Å². The number of Topliss-reactive ketones (excluding diaryl/α,β-unsaturated/α-hetero) is 4. The van der Waals surface area contributed by atoms with Gasteiger partial charge in [0, 0.05) is 99.4 Å². The molecule has 23 nitrogen and oxygen atoms in total. The first-order chi connectivity index (χ1) is 37.9. The van der Waals surface area contributed by atoms with E-state index in [1.165, 1.54) is 19.4 Å². The monoisotopic (exact) mass is 1090 g/mol. The molecule has 0 aliphatic carbocycles. The van der Waals surface area contributed by atoms with Gasteiger partial charge < -0.3 is 59.5 Å². The largest absolute Gasteiger partial charge is 0.370 e. The molecule has 15 N–H and O–H groups in total. The molecule has 0 unspecified atom stereocenters. The van der Waals surface area contributed by atoms with E-state index >= 15 is 0 Å². The number of nitrogens with one attached hydrogen (secondary N) is 7. The van der Waals surface area contributed by atoms with Crippen LogP contribution in [-0.4, -0.2) is 123 Å². The molecule has 2 aromatic carbocycles. The van der Waals surface area contributed by atoms with Crippen molar-refractivity contribution >= 4 is 75.5 Å². The van der Waals surface area contributed by atoms with Gasteiger partial charge in [0.25, 0.3) is 0 Å². The Kier molecular flexibility index (Phi) is 24.8. The minimum absolute atomic E-state index is 0.0155. The van der Waals surface area contributed by atoms with Gasteiger partial charge in [-0.3, -0.25) is 53.1 Å². The highest BCUT2D eigenvalue weighted by molar-refractivity contribution is 5.98. The number of para-hydroxylation sites is 1. The van der Waals surface area contributed by atoms with Crippen LogP contribution in [0.15, 0.2) is 83.3 Å². The summed E-state index contributed by atoms with van der Waals surface area (Å²) in [5, 5.41) is 14.7. The van der Waals surface area contributed by atoms with E-state index in [1.54, 1.807) is 36.5 Å². The third kappa shape index (κ3) is 20.9. The Morgan fingerprint density at radius 2 is 1.43 bits per heavy atom. The van der Waals surface area contributed by atoms with Crippen LogP contribution in [0, 0.1) is 11.8 Å². The number of nitrogens with zero attached hydrogens (tertiary/aromatic N) is 3. The summed E-state index contributed by atoms with van der Waals surface area (Å²) in [6, 6.07) is 10.3. The van der Waals surface area contributed by atoms with Crippen molar-refractivity contribution in [3.63, 3.8) is 0 Å². The van der Waals surface area contributed by atoms with E-state index in [4.69, 9.17) is 22.9 Å². The molecular weight excluding hydrogens is 1010 g/mol. The Bertz CT molecular complexity index is 2750. The lowest BCUT2D eigenvalue weighted by Gasteiger charge is -2.27. The van der Waals surface area contributed by atoms with Crippen LogP contribution in [0.3, 0.4) is 0 Å².